The van der Waals surface area contributed by atoms with Crippen LogP contribution in [-0.2, 0) is 6.42 Å². The van der Waals surface area contributed by atoms with E-state index in [1.165, 1.54) is 5.56 Å². The van der Waals surface area contributed by atoms with Crippen molar-refractivity contribution in [3.63, 3.8) is 0 Å². The Morgan fingerprint density at radius 2 is 2.04 bits per heavy atom. The van der Waals surface area contributed by atoms with Gasteiger partial charge < -0.3 is 19.9 Å². The van der Waals surface area contributed by atoms with Gasteiger partial charge in [-0.3, -0.25) is 0 Å². The van der Waals surface area contributed by atoms with Crippen LogP contribution >= 0.6 is 0 Å². The highest BCUT2D eigenvalue weighted by atomic mass is 16.5. The number of ether oxygens (including phenoxy) is 1. The number of anilines is 1. The molecule has 0 saturated carbocycles. The van der Waals surface area contributed by atoms with Crippen LogP contribution in [0.1, 0.15) is 11.1 Å². The Kier molecular flexibility index (Phi) is 4.79. The number of aromatic nitrogens is 1. The number of pyridine rings is 1. The molecule has 7 nitrogen and oxygen atoms in total. The summed E-state index contributed by atoms with van der Waals surface area (Å²) in [7, 11) is 0. The van der Waals surface area contributed by atoms with Gasteiger partial charge in [-0.1, -0.05) is 18.2 Å². The van der Waals surface area contributed by atoms with Gasteiger partial charge in [0.2, 0.25) is 0 Å². The van der Waals surface area contributed by atoms with E-state index in [9.17, 15) is 10.1 Å². The second kappa shape index (κ2) is 7.54. The fourth-order valence-electron chi connectivity index (χ4n) is 3.54. The van der Waals surface area contributed by atoms with Gasteiger partial charge in [-0.2, -0.15) is 5.26 Å². The summed E-state index contributed by atoms with van der Waals surface area (Å²) in [5, 5.41) is 12.2. The number of fused-ring (bicyclic) bond motifs is 1. The lowest BCUT2D eigenvalue weighted by atomic mass is 10.1. The lowest BCUT2D eigenvalue weighted by Gasteiger charge is -2.35. The summed E-state index contributed by atoms with van der Waals surface area (Å²) < 4.78 is 5.86. The molecule has 0 spiro atoms. The SMILES string of the molecule is N#Cc1cccnc1N1CCN(C(=O)NCC2Cc3ccccc3O2)CC1. The highest BCUT2D eigenvalue weighted by molar-refractivity contribution is 5.74. The normalized spacial score (nSPS) is 18.4. The topological polar surface area (TPSA) is 81.5 Å². The van der Waals surface area contributed by atoms with Crippen LogP contribution in [0.2, 0.25) is 0 Å². The fraction of sp³-hybridized carbons (Fsp3) is 0.350. The van der Waals surface area contributed by atoms with Crippen molar-refractivity contribution in [2.75, 3.05) is 37.6 Å². The van der Waals surface area contributed by atoms with Crippen LogP contribution in [-0.4, -0.2) is 54.7 Å². The maximum atomic E-state index is 12.5. The van der Waals surface area contributed by atoms with Gasteiger partial charge in [0.05, 0.1) is 12.1 Å². The molecule has 1 aromatic heterocycles. The van der Waals surface area contributed by atoms with Crippen LogP contribution in [0.4, 0.5) is 10.6 Å². The molecule has 138 valence electrons. The van der Waals surface area contributed by atoms with E-state index in [1.807, 2.05) is 18.2 Å². The molecule has 1 fully saturated rings. The third-order valence-corrected chi connectivity index (χ3v) is 4.97. The molecule has 0 bridgehead atoms. The number of rotatable bonds is 3. The summed E-state index contributed by atoms with van der Waals surface area (Å²) in [5.74, 6) is 1.60. The Balaban J connectivity index is 1.26. The Hall–Kier alpha value is -3.27. The maximum Gasteiger partial charge on any atom is 0.317 e. The number of urea groups is 1. The van der Waals surface area contributed by atoms with Gasteiger partial charge in [0.1, 0.15) is 23.7 Å². The molecule has 27 heavy (non-hydrogen) atoms. The highest BCUT2D eigenvalue weighted by Gasteiger charge is 2.26. The average Bonchev–Trinajstić information content (AvgIpc) is 3.15. The van der Waals surface area contributed by atoms with Gasteiger partial charge in [0.15, 0.2) is 0 Å². The van der Waals surface area contributed by atoms with Crippen LogP contribution in [0.5, 0.6) is 5.75 Å². The minimum absolute atomic E-state index is 0.0145. The second-order valence-corrected chi connectivity index (χ2v) is 6.70. The number of nitrogens with one attached hydrogen (secondary N) is 1. The molecule has 1 saturated heterocycles. The summed E-state index contributed by atoms with van der Waals surface area (Å²) in [6.07, 6.45) is 2.50. The molecule has 4 rings (SSSR count). The number of nitriles is 1. The third kappa shape index (κ3) is 3.65. The minimum atomic E-state index is -0.0734. The van der Waals surface area contributed by atoms with Crippen molar-refractivity contribution >= 4 is 11.8 Å². The predicted molar refractivity (Wildman–Crippen MR) is 101 cm³/mol. The molecule has 1 N–H and O–H groups in total. The smallest absolute Gasteiger partial charge is 0.317 e. The number of carbonyl (C=O) groups excluding carboxylic acids is 1. The molecule has 3 heterocycles. The van der Waals surface area contributed by atoms with Crippen molar-refractivity contribution in [1.29, 1.82) is 5.26 Å². The van der Waals surface area contributed by atoms with Crippen molar-refractivity contribution in [1.82, 2.24) is 15.2 Å². The molecular formula is C20H21N5O2. The summed E-state index contributed by atoms with van der Waals surface area (Å²) in [5.41, 5.74) is 1.75. The standard InChI is InChI=1S/C20H21N5O2/c21-13-16-5-3-7-22-19(16)24-8-10-25(11-9-24)20(26)23-14-17-12-15-4-1-2-6-18(15)27-17/h1-7,17H,8-12,14H2,(H,23,26). The van der Waals surface area contributed by atoms with Crippen molar-refractivity contribution in [3.05, 3.63) is 53.7 Å². The lowest BCUT2D eigenvalue weighted by Crippen LogP contribution is -2.53. The molecule has 2 amide bonds. The Morgan fingerprint density at radius 3 is 2.81 bits per heavy atom. The number of hydrogen-bond acceptors (Lipinski definition) is 5. The number of nitrogens with zero attached hydrogens (tertiary/aromatic N) is 4. The van der Waals surface area contributed by atoms with Crippen LogP contribution in [0.3, 0.4) is 0 Å². The molecule has 1 aromatic carbocycles. The van der Waals surface area contributed by atoms with Crippen LogP contribution in [0.15, 0.2) is 42.6 Å². The van der Waals surface area contributed by atoms with Crippen molar-refractivity contribution < 1.29 is 9.53 Å². The molecule has 2 aliphatic heterocycles. The second-order valence-electron chi connectivity index (χ2n) is 6.70. The van der Waals surface area contributed by atoms with Crippen LogP contribution < -0.4 is 15.0 Å². The van der Waals surface area contributed by atoms with E-state index in [0.717, 1.165) is 12.2 Å². The lowest BCUT2D eigenvalue weighted by molar-refractivity contribution is 0.182. The van der Waals surface area contributed by atoms with Gasteiger partial charge >= 0.3 is 6.03 Å². The molecule has 0 aliphatic carbocycles. The molecular weight excluding hydrogens is 342 g/mol. The van der Waals surface area contributed by atoms with E-state index in [2.05, 4.69) is 27.3 Å². The highest BCUT2D eigenvalue weighted by Crippen LogP contribution is 2.27. The number of carbonyl (C=O) groups is 1. The van der Waals surface area contributed by atoms with E-state index >= 15 is 0 Å². The zero-order valence-electron chi connectivity index (χ0n) is 15.0. The monoisotopic (exact) mass is 363 g/mol. The van der Waals surface area contributed by atoms with Gasteiger partial charge in [-0.25, -0.2) is 9.78 Å². The fourth-order valence-corrected chi connectivity index (χ4v) is 3.54. The molecule has 1 unspecified atom stereocenters. The largest absolute Gasteiger partial charge is 0.488 e. The molecule has 2 aliphatic rings. The van der Waals surface area contributed by atoms with Gasteiger partial charge in [0.25, 0.3) is 0 Å². The number of para-hydroxylation sites is 1. The first kappa shape index (κ1) is 17.2. The third-order valence-electron chi connectivity index (χ3n) is 4.97. The van der Waals surface area contributed by atoms with Gasteiger partial charge in [-0.15, -0.1) is 0 Å². The maximum absolute atomic E-state index is 12.5. The first-order valence-electron chi connectivity index (χ1n) is 9.12. The van der Waals surface area contributed by atoms with Gasteiger partial charge in [-0.05, 0) is 23.8 Å². The summed E-state index contributed by atoms with van der Waals surface area (Å²) in [6.45, 7) is 3.00. The zero-order chi connectivity index (χ0) is 18.6. The summed E-state index contributed by atoms with van der Waals surface area (Å²) >= 11 is 0. The van der Waals surface area contributed by atoms with Crippen molar-refractivity contribution in [2.24, 2.45) is 0 Å². The molecule has 2 aromatic rings. The van der Waals surface area contributed by atoms with E-state index in [0.29, 0.717) is 44.1 Å². The van der Waals surface area contributed by atoms with E-state index in [1.54, 1.807) is 23.2 Å². The summed E-state index contributed by atoms with van der Waals surface area (Å²) in [6, 6.07) is 13.6. The number of hydrogen-bond donors (Lipinski definition) is 1. The average molecular weight is 363 g/mol. The first-order valence-corrected chi connectivity index (χ1v) is 9.12. The Bertz CT molecular complexity index is 846. The van der Waals surface area contributed by atoms with Crippen molar-refractivity contribution in [2.45, 2.75) is 12.5 Å². The first-order chi connectivity index (χ1) is 13.2. The van der Waals surface area contributed by atoms with Crippen molar-refractivity contribution in [3.8, 4) is 11.8 Å². The quantitative estimate of drug-likeness (QED) is 0.899. The zero-order valence-corrected chi connectivity index (χ0v) is 15.0. The Labute approximate surface area is 158 Å². The molecule has 1 atom stereocenters. The molecule has 7 heteroatoms. The van der Waals surface area contributed by atoms with E-state index in [-0.39, 0.29) is 12.1 Å². The van der Waals surface area contributed by atoms with E-state index < -0.39 is 0 Å². The molecule has 0 radical (unpaired) electrons. The number of benzene rings is 1. The number of piperazine rings is 1. The minimum Gasteiger partial charge on any atom is -0.488 e. The number of amides is 2. The predicted octanol–water partition coefficient (Wildman–Crippen LogP) is 1.79. The van der Waals surface area contributed by atoms with Crippen LogP contribution in [0, 0.1) is 11.3 Å². The van der Waals surface area contributed by atoms with Gasteiger partial charge in [0, 0.05) is 38.8 Å². The summed E-state index contributed by atoms with van der Waals surface area (Å²) in [4.78, 5) is 20.6. The Morgan fingerprint density at radius 1 is 1.22 bits per heavy atom. The van der Waals surface area contributed by atoms with E-state index in [4.69, 9.17) is 4.74 Å². The van der Waals surface area contributed by atoms with Crippen LogP contribution in [0.25, 0.3) is 0 Å².